The highest BCUT2D eigenvalue weighted by atomic mass is 16.1. The van der Waals surface area contributed by atoms with Crippen molar-refractivity contribution in [2.24, 2.45) is 0 Å². The monoisotopic (exact) mass is 274 g/mol. The molecule has 104 valence electrons. The van der Waals surface area contributed by atoms with Gasteiger partial charge in [-0.3, -0.25) is 0 Å². The first-order valence-corrected chi connectivity index (χ1v) is 7.73. The number of carbonyl (C=O) groups excluding carboxylic acids is 1. The second-order valence-corrected chi connectivity index (χ2v) is 6.30. The van der Waals surface area contributed by atoms with Gasteiger partial charge in [0.25, 0.3) is 0 Å². The Kier molecular flexibility index (Phi) is 2.83. The van der Waals surface area contributed by atoms with Crippen LogP contribution in [0.3, 0.4) is 0 Å². The molecule has 1 heteroatoms. The lowest BCUT2D eigenvalue weighted by Gasteiger charge is -2.30. The molecule has 2 aliphatic carbocycles. The Morgan fingerprint density at radius 1 is 1.00 bits per heavy atom. The summed E-state index contributed by atoms with van der Waals surface area (Å²) in [4.78, 5) is 11.1. The molecule has 0 fully saturated rings. The van der Waals surface area contributed by atoms with Crippen molar-refractivity contribution in [3.63, 3.8) is 0 Å². The fraction of sp³-hybridized carbons (Fsp3) is 0.300. The molecule has 2 aromatic rings. The van der Waals surface area contributed by atoms with Gasteiger partial charge in [-0.05, 0) is 58.6 Å². The Bertz CT molecular complexity index is 778. The van der Waals surface area contributed by atoms with Crippen LogP contribution >= 0.6 is 0 Å². The van der Waals surface area contributed by atoms with Crippen molar-refractivity contribution in [2.45, 2.75) is 38.5 Å². The summed E-state index contributed by atoms with van der Waals surface area (Å²) >= 11 is 0. The molecule has 2 aromatic carbocycles. The Morgan fingerprint density at radius 2 is 1.86 bits per heavy atom. The molecule has 0 bridgehead atoms. The van der Waals surface area contributed by atoms with Crippen LogP contribution in [0.15, 0.2) is 42.0 Å². The van der Waals surface area contributed by atoms with E-state index < -0.39 is 0 Å². The standard InChI is InChI=1S/C20H18O/c1-13-10-14(12-21)11-20-16(13)8-9-18-17-5-3-2-4-15(17)6-7-19(18)20/h2-5,8-9,13H,6-7,10-11H2,1H3. The van der Waals surface area contributed by atoms with Gasteiger partial charge in [-0.15, -0.1) is 0 Å². The van der Waals surface area contributed by atoms with Crippen LogP contribution in [0, 0.1) is 0 Å². The van der Waals surface area contributed by atoms with E-state index in [1.807, 2.05) is 0 Å². The second-order valence-electron chi connectivity index (χ2n) is 6.30. The second kappa shape index (κ2) is 4.72. The average Bonchev–Trinajstić information content (AvgIpc) is 2.54. The minimum Gasteiger partial charge on any atom is -0.234 e. The summed E-state index contributed by atoms with van der Waals surface area (Å²) in [6.07, 6.45) is 3.86. The first-order valence-electron chi connectivity index (χ1n) is 7.73. The lowest BCUT2D eigenvalue weighted by atomic mass is 9.74. The molecule has 0 N–H and O–H groups in total. The van der Waals surface area contributed by atoms with E-state index in [1.54, 1.807) is 0 Å². The third-order valence-corrected chi connectivity index (χ3v) is 5.04. The molecular formula is C20H18O. The van der Waals surface area contributed by atoms with Gasteiger partial charge in [0.1, 0.15) is 5.94 Å². The lowest BCUT2D eigenvalue weighted by Crippen LogP contribution is -2.16. The number of aryl methyl sites for hydroxylation is 1. The quantitative estimate of drug-likeness (QED) is 0.656. The molecule has 4 rings (SSSR count). The maximum atomic E-state index is 11.1. The molecule has 2 aliphatic rings. The Labute approximate surface area is 125 Å². The Balaban J connectivity index is 1.95. The maximum absolute atomic E-state index is 11.1. The van der Waals surface area contributed by atoms with Gasteiger partial charge in [0.15, 0.2) is 0 Å². The third-order valence-electron chi connectivity index (χ3n) is 5.04. The van der Waals surface area contributed by atoms with Gasteiger partial charge in [0.2, 0.25) is 0 Å². The molecule has 0 radical (unpaired) electrons. The summed E-state index contributed by atoms with van der Waals surface area (Å²) < 4.78 is 0. The molecule has 0 heterocycles. The molecule has 0 aliphatic heterocycles. The predicted molar refractivity (Wildman–Crippen MR) is 85.2 cm³/mol. The van der Waals surface area contributed by atoms with E-state index in [1.165, 1.54) is 33.4 Å². The van der Waals surface area contributed by atoms with Gasteiger partial charge in [0, 0.05) is 12.0 Å². The number of fused-ring (bicyclic) bond motifs is 5. The van der Waals surface area contributed by atoms with Crippen molar-refractivity contribution in [3.8, 4) is 11.1 Å². The zero-order chi connectivity index (χ0) is 14.4. The van der Waals surface area contributed by atoms with Crippen molar-refractivity contribution in [2.75, 3.05) is 0 Å². The molecule has 0 aromatic heterocycles. The third kappa shape index (κ3) is 1.89. The fourth-order valence-electron chi connectivity index (χ4n) is 4.02. The first kappa shape index (κ1) is 12.6. The zero-order valence-corrected chi connectivity index (χ0v) is 12.3. The highest BCUT2D eigenvalue weighted by Crippen LogP contribution is 2.42. The highest BCUT2D eigenvalue weighted by Gasteiger charge is 2.26. The van der Waals surface area contributed by atoms with E-state index >= 15 is 0 Å². The lowest BCUT2D eigenvalue weighted by molar-refractivity contribution is 0.562. The minimum absolute atomic E-state index is 0.438. The molecule has 1 unspecified atom stereocenters. The summed E-state index contributed by atoms with van der Waals surface area (Å²) in [7, 11) is 0. The SMILES string of the molecule is CC1CC(=C=O)Cc2c1ccc1c2CCc2ccccc2-1. The number of hydrogen-bond acceptors (Lipinski definition) is 1. The van der Waals surface area contributed by atoms with Gasteiger partial charge in [-0.2, -0.15) is 0 Å². The number of hydrogen-bond donors (Lipinski definition) is 0. The number of allylic oxidation sites excluding steroid dienone is 1. The summed E-state index contributed by atoms with van der Waals surface area (Å²) in [6.45, 7) is 2.22. The number of rotatable bonds is 0. The van der Waals surface area contributed by atoms with E-state index in [-0.39, 0.29) is 0 Å². The molecule has 0 saturated carbocycles. The topological polar surface area (TPSA) is 17.1 Å². The van der Waals surface area contributed by atoms with Crippen LogP contribution in [-0.2, 0) is 24.1 Å². The predicted octanol–water partition coefficient (Wildman–Crippen LogP) is 4.26. The molecule has 0 amide bonds. The van der Waals surface area contributed by atoms with Crippen molar-refractivity contribution in [3.05, 3.63) is 64.2 Å². The molecule has 1 atom stereocenters. The maximum Gasteiger partial charge on any atom is 0.123 e. The van der Waals surface area contributed by atoms with Crippen LogP contribution in [0.5, 0.6) is 0 Å². The molecular weight excluding hydrogens is 256 g/mol. The molecule has 1 nitrogen and oxygen atoms in total. The van der Waals surface area contributed by atoms with Crippen LogP contribution in [0.1, 0.15) is 41.5 Å². The normalized spacial score (nSPS) is 19.3. The van der Waals surface area contributed by atoms with Crippen LogP contribution in [0.25, 0.3) is 11.1 Å². The van der Waals surface area contributed by atoms with Crippen molar-refractivity contribution >= 4 is 5.94 Å². The fourth-order valence-corrected chi connectivity index (χ4v) is 4.02. The Morgan fingerprint density at radius 3 is 2.71 bits per heavy atom. The van der Waals surface area contributed by atoms with Crippen molar-refractivity contribution < 1.29 is 4.79 Å². The van der Waals surface area contributed by atoms with Crippen LogP contribution in [0.2, 0.25) is 0 Å². The van der Waals surface area contributed by atoms with E-state index in [0.29, 0.717) is 5.92 Å². The summed E-state index contributed by atoms with van der Waals surface area (Å²) in [5.41, 5.74) is 9.42. The van der Waals surface area contributed by atoms with E-state index in [2.05, 4.69) is 49.3 Å². The Hall–Kier alpha value is -2.11. The van der Waals surface area contributed by atoms with Gasteiger partial charge < -0.3 is 0 Å². The largest absolute Gasteiger partial charge is 0.234 e. The highest BCUT2D eigenvalue weighted by molar-refractivity contribution is 5.76. The summed E-state index contributed by atoms with van der Waals surface area (Å²) in [5.74, 6) is 2.61. The minimum atomic E-state index is 0.438. The zero-order valence-electron chi connectivity index (χ0n) is 12.3. The van der Waals surface area contributed by atoms with Gasteiger partial charge in [-0.1, -0.05) is 43.3 Å². The molecule has 0 saturated heterocycles. The number of benzene rings is 2. The van der Waals surface area contributed by atoms with Crippen molar-refractivity contribution in [1.82, 2.24) is 0 Å². The molecule has 0 spiro atoms. The van der Waals surface area contributed by atoms with Crippen molar-refractivity contribution in [1.29, 1.82) is 0 Å². The van der Waals surface area contributed by atoms with E-state index in [4.69, 9.17) is 0 Å². The van der Waals surface area contributed by atoms with Gasteiger partial charge >= 0.3 is 0 Å². The van der Waals surface area contributed by atoms with Crippen LogP contribution in [-0.4, -0.2) is 5.94 Å². The van der Waals surface area contributed by atoms with Gasteiger partial charge in [-0.25, -0.2) is 4.79 Å². The van der Waals surface area contributed by atoms with E-state index in [9.17, 15) is 4.79 Å². The molecule has 21 heavy (non-hydrogen) atoms. The summed E-state index contributed by atoms with van der Waals surface area (Å²) in [5, 5.41) is 0. The summed E-state index contributed by atoms with van der Waals surface area (Å²) in [6, 6.07) is 13.3. The first-order chi connectivity index (χ1) is 10.3. The van der Waals surface area contributed by atoms with Crippen LogP contribution in [0.4, 0.5) is 0 Å². The average molecular weight is 274 g/mol. The smallest absolute Gasteiger partial charge is 0.123 e. The van der Waals surface area contributed by atoms with Gasteiger partial charge in [0.05, 0.1) is 0 Å². The van der Waals surface area contributed by atoms with Crippen LogP contribution < -0.4 is 0 Å². The van der Waals surface area contributed by atoms with E-state index in [0.717, 1.165) is 31.3 Å².